The Morgan fingerprint density at radius 3 is 2.55 bits per heavy atom. The van der Waals surface area contributed by atoms with Crippen LogP contribution in [0.25, 0.3) is 0 Å². The molecule has 1 rings (SSSR count). The predicted octanol–water partition coefficient (Wildman–Crippen LogP) is 2.27. The maximum atomic E-state index is 12.3. The van der Waals surface area contributed by atoms with Crippen molar-refractivity contribution in [2.24, 2.45) is 0 Å². The van der Waals surface area contributed by atoms with Crippen molar-refractivity contribution in [3.63, 3.8) is 0 Å². The van der Waals surface area contributed by atoms with Gasteiger partial charge in [-0.05, 0) is 39.0 Å². The summed E-state index contributed by atoms with van der Waals surface area (Å²) in [6.45, 7) is 2.66. The number of carbonyl (C=O) groups excluding carboxylic acids is 2. The minimum Gasteiger partial charge on any atom is -0.435 e. The minimum atomic E-state index is -2.95. The summed E-state index contributed by atoms with van der Waals surface area (Å²) in [6, 6.07) is 5.49. The maximum Gasteiger partial charge on any atom is 0.387 e. The summed E-state index contributed by atoms with van der Waals surface area (Å²) >= 11 is 0. The topological polar surface area (TPSA) is 58.6 Å². The molecule has 0 atom stereocenters. The van der Waals surface area contributed by atoms with E-state index in [-0.39, 0.29) is 29.8 Å². The molecule has 5 nitrogen and oxygen atoms in total. The lowest BCUT2D eigenvalue weighted by Crippen LogP contribution is -2.42. The van der Waals surface area contributed by atoms with Gasteiger partial charge in [0, 0.05) is 18.2 Å². The van der Waals surface area contributed by atoms with Gasteiger partial charge in [-0.25, -0.2) is 0 Å². The van der Waals surface area contributed by atoms with Crippen molar-refractivity contribution < 1.29 is 23.1 Å². The Labute approximate surface area is 128 Å². The van der Waals surface area contributed by atoms with E-state index in [9.17, 15) is 18.4 Å². The molecule has 0 fully saturated rings. The number of nitrogens with zero attached hydrogens (tertiary/aromatic N) is 1. The lowest BCUT2D eigenvalue weighted by Gasteiger charge is -2.21. The molecule has 0 heterocycles. The third-order valence-corrected chi connectivity index (χ3v) is 2.76. The van der Waals surface area contributed by atoms with Crippen LogP contribution >= 0.6 is 0 Å². The molecule has 0 aliphatic carbocycles. The molecular weight excluding hydrogens is 294 g/mol. The van der Waals surface area contributed by atoms with E-state index in [1.165, 1.54) is 29.2 Å². The molecular formula is C15H20F2N2O3. The molecule has 122 valence electrons. The fourth-order valence-corrected chi connectivity index (χ4v) is 1.86. The maximum absolute atomic E-state index is 12.3. The standard InChI is InChI=1S/C15H20F2N2O3/c1-4-19(9-13(20)18-10(2)3)14(21)11-6-5-7-12(8-11)22-15(16)17/h5-8,10,15H,4,9H2,1-3H3,(H,18,20). The number of ether oxygens (including phenoxy) is 1. The van der Waals surface area contributed by atoms with Gasteiger partial charge < -0.3 is 15.0 Å². The molecule has 0 aliphatic rings. The Balaban J connectivity index is 2.81. The molecule has 1 N–H and O–H groups in total. The normalized spacial score (nSPS) is 10.7. The summed E-state index contributed by atoms with van der Waals surface area (Å²) in [6.07, 6.45) is 0. The van der Waals surface area contributed by atoms with Crippen LogP contribution in [0, 0.1) is 0 Å². The lowest BCUT2D eigenvalue weighted by atomic mass is 10.2. The van der Waals surface area contributed by atoms with E-state index in [2.05, 4.69) is 10.1 Å². The summed E-state index contributed by atoms with van der Waals surface area (Å²) in [5.41, 5.74) is 0.192. The van der Waals surface area contributed by atoms with Crippen molar-refractivity contribution in [1.82, 2.24) is 10.2 Å². The highest BCUT2D eigenvalue weighted by molar-refractivity contribution is 5.96. The van der Waals surface area contributed by atoms with Crippen molar-refractivity contribution in [3.05, 3.63) is 29.8 Å². The van der Waals surface area contributed by atoms with Crippen molar-refractivity contribution in [1.29, 1.82) is 0 Å². The summed E-state index contributed by atoms with van der Waals surface area (Å²) < 4.78 is 28.7. The summed E-state index contributed by atoms with van der Waals surface area (Å²) in [7, 11) is 0. The molecule has 0 bridgehead atoms. The Morgan fingerprint density at radius 1 is 1.32 bits per heavy atom. The fourth-order valence-electron chi connectivity index (χ4n) is 1.86. The van der Waals surface area contributed by atoms with Crippen molar-refractivity contribution >= 4 is 11.8 Å². The van der Waals surface area contributed by atoms with Crippen LogP contribution in [0.4, 0.5) is 8.78 Å². The zero-order chi connectivity index (χ0) is 16.7. The largest absolute Gasteiger partial charge is 0.435 e. The van der Waals surface area contributed by atoms with Gasteiger partial charge >= 0.3 is 6.61 Å². The van der Waals surface area contributed by atoms with E-state index in [0.29, 0.717) is 6.54 Å². The highest BCUT2D eigenvalue weighted by atomic mass is 19.3. The first kappa shape index (κ1) is 17.9. The Morgan fingerprint density at radius 2 is 2.00 bits per heavy atom. The molecule has 0 aliphatic heterocycles. The number of benzene rings is 1. The van der Waals surface area contributed by atoms with Crippen LogP contribution in [0.5, 0.6) is 5.75 Å². The number of nitrogens with one attached hydrogen (secondary N) is 1. The van der Waals surface area contributed by atoms with Crippen LogP contribution in [-0.2, 0) is 4.79 Å². The van der Waals surface area contributed by atoms with E-state index >= 15 is 0 Å². The molecule has 1 aromatic carbocycles. The van der Waals surface area contributed by atoms with E-state index in [1.807, 2.05) is 13.8 Å². The second-order valence-corrected chi connectivity index (χ2v) is 4.95. The van der Waals surface area contributed by atoms with Crippen LogP contribution in [0.2, 0.25) is 0 Å². The summed E-state index contributed by atoms with van der Waals surface area (Å²) in [5.74, 6) is -0.783. The second-order valence-electron chi connectivity index (χ2n) is 4.95. The Kier molecular flexibility index (Phi) is 6.75. The quantitative estimate of drug-likeness (QED) is 0.840. The molecule has 0 saturated carbocycles. The van der Waals surface area contributed by atoms with Crippen LogP contribution in [-0.4, -0.2) is 42.5 Å². The number of carbonyl (C=O) groups is 2. The smallest absolute Gasteiger partial charge is 0.387 e. The first-order valence-electron chi connectivity index (χ1n) is 6.97. The Bertz CT molecular complexity index is 521. The number of hydrogen-bond acceptors (Lipinski definition) is 3. The number of halogens is 2. The summed E-state index contributed by atoms with van der Waals surface area (Å²) in [4.78, 5) is 25.4. The SMILES string of the molecule is CCN(CC(=O)NC(C)C)C(=O)c1cccc(OC(F)F)c1. The number of hydrogen-bond donors (Lipinski definition) is 1. The molecule has 1 aromatic rings. The zero-order valence-corrected chi connectivity index (χ0v) is 12.8. The van der Waals surface area contributed by atoms with Crippen molar-refractivity contribution in [2.75, 3.05) is 13.1 Å². The third kappa shape index (κ3) is 5.67. The monoisotopic (exact) mass is 314 g/mol. The van der Waals surface area contributed by atoms with Gasteiger partial charge in [0.25, 0.3) is 5.91 Å². The van der Waals surface area contributed by atoms with Gasteiger partial charge in [0.1, 0.15) is 5.75 Å². The average molecular weight is 314 g/mol. The lowest BCUT2D eigenvalue weighted by molar-refractivity contribution is -0.122. The van der Waals surface area contributed by atoms with Crippen LogP contribution < -0.4 is 10.1 Å². The van der Waals surface area contributed by atoms with Gasteiger partial charge in [-0.1, -0.05) is 6.07 Å². The predicted molar refractivity (Wildman–Crippen MR) is 77.9 cm³/mol. The van der Waals surface area contributed by atoms with Crippen LogP contribution in [0.15, 0.2) is 24.3 Å². The highest BCUT2D eigenvalue weighted by Gasteiger charge is 2.18. The second kappa shape index (κ2) is 8.31. The van der Waals surface area contributed by atoms with Crippen LogP contribution in [0.3, 0.4) is 0 Å². The van der Waals surface area contributed by atoms with Gasteiger partial charge in [-0.3, -0.25) is 9.59 Å². The van der Waals surface area contributed by atoms with Crippen molar-refractivity contribution in [3.8, 4) is 5.75 Å². The van der Waals surface area contributed by atoms with Gasteiger partial charge in [0.15, 0.2) is 0 Å². The number of likely N-dealkylation sites (N-methyl/N-ethyl adjacent to an activating group) is 1. The van der Waals surface area contributed by atoms with Gasteiger partial charge in [0.2, 0.25) is 5.91 Å². The molecule has 7 heteroatoms. The molecule has 0 aromatic heterocycles. The first-order chi connectivity index (χ1) is 10.3. The number of amides is 2. The number of rotatable bonds is 7. The fraction of sp³-hybridized carbons (Fsp3) is 0.467. The van der Waals surface area contributed by atoms with E-state index in [4.69, 9.17) is 0 Å². The Hall–Kier alpha value is -2.18. The molecule has 0 radical (unpaired) electrons. The molecule has 0 unspecified atom stereocenters. The van der Waals surface area contributed by atoms with Crippen molar-refractivity contribution in [2.45, 2.75) is 33.4 Å². The molecule has 22 heavy (non-hydrogen) atoms. The van der Waals surface area contributed by atoms with Gasteiger partial charge in [-0.15, -0.1) is 0 Å². The molecule has 2 amide bonds. The first-order valence-corrected chi connectivity index (χ1v) is 6.97. The molecule has 0 spiro atoms. The average Bonchev–Trinajstić information content (AvgIpc) is 2.42. The summed E-state index contributed by atoms with van der Waals surface area (Å²) in [5, 5.41) is 2.69. The highest BCUT2D eigenvalue weighted by Crippen LogP contribution is 2.17. The van der Waals surface area contributed by atoms with E-state index < -0.39 is 12.5 Å². The van der Waals surface area contributed by atoms with E-state index in [0.717, 1.165) is 0 Å². The third-order valence-electron chi connectivity index (χ3n) is 2.76. The minimum absolute atomic E-state index is 0.0240. The van der Waals surface area contributed by atoms with E-state index in [1.54, 1.807) is 6.92 Å². The zero-order valence-electron chi connectivity index (χ0n) is 12.8. The van der Waals surface area contributed by atoms with Gasteiger partial charge in [0.05, 0.1) is 6.54 Å². The molecule has 0 saturated heterocycles. The van der Waals surface area contributed by atoms with Gasteiger partial charge in [-0.2, -0.15) is 8.78 Å². The number of alkyl halides is 2. The van der Waals surface area contributed by atoms with Crippen LogP contribution in [0.1, 0.15) is 31.1 Å².